The maximum Gasteiger partial charge on any atom is 0.416 e. The van der Waals surface area contributed by atoms with Gasteiger partial charge in [-0.3, -0.25) is 4.90 Å². The van der Waals surface area contributed by atoms with Gasteiger partial charge < -0.3 is 21.1 Å². The van der Waals surface area contributed by atoms with Crippen molar-refractivity contribution in [3.63, 3.8) is 0 Å². The zero-order chi connectivity index (χ0) is 27.7. The number of nitrogens with zero attached hydrogens (tertiary/aromatic N) is 4. The number of urea groups is 1. The van der Waals surface area contributed by atoms with Crippen molar-refractivity contribution in [1.82, 2.24) is 19.5 Å². The summed E-state index contributed by atoms with van der Waals surface area (Å²) in [4.78, 5) is 18.9. The molecule has 2 amide bonds. The van der Waals surface area contributed by atoms with Crippen molar-refractivity contribution in [2.45, 2.75) is 19.6 Å². The molecule has 0 atom stereocenters. The van der Waals surface area contributed by atoms with Gasteiger partial charge in [-0.15, -0.1) is 0 Å². The van der Waals surface area contributed by atoms with E-state index >= 15 is 0 Å². The number of halogens is 4. The number of nitrogen functional groups attached to an aromatic ring is 1. The van der Waals surface area contributed by atoms with Crippen LogP contribution in [-0.4, -0.2) is 51.8 Å². The second-order valence-corrected chi connectivity index (χ2v) is 9.14. The molecule has 0 aliphatic carbocycles. The summed E-state index contributed by atoms with van der Waals surface area (Å²) in [5, 5.41) is 9.08. The molecule has 0 radical (unpaired) electrons. The quantitative estimate of drug-likeness (QED) is 0.308. The fraction of sp³-hybridized carbons (Fsp3) is 0.269. The Morgan fingerprint density at radius 1 is 1.08 bits per heavy atom. The number of benzene rings is 2. The van der Waals surface area contributed by atoms with Crippen LogP contribution in [0.4, 0.5) is 39.5 Å². The summed E-state index contributed by atoms with van der Waals surface area (Å²) in [6.07, 6.45) is -3.27. The summed E-state index contributed by atoms with van der Waals surface area (Å²) in [7, 11) is 0. The third kappa shape index (κ3) is 5.64. The van der Waals surface area contributed by atoms with E-state index in [0.717, 1.165) is 35.5 Å². The van der Waals surface area contributed by atoms with Crippen molar-refractivity contribution in [3.05, 3.63) is 71.4 Å². The molecule has 9 nitrogen and oxygen atoms in total. The first-order valence-corrected chi connectivity index (χ1v) is 12.1. The lowest BCUT2D eigenvalue weighted by Gasteiger charge is -2.26. The summed E-state index contributed by atoms with van der Waals surface area (Å²) < 4.78 is 60.2. The summed E-state index contributed by atoms with van der Waals surface area (Å²) in [5.74, 6) is -0.671. The van der Waals surface area contributed by atoms with Crippen molar-refractivity contribution in [3.8, 4) is 11.1 Å². The molecule has 3 heterocycles. The molecule has 1 aliphatic rings. The number of anilines is 3. The topological polar surface area (TPSA) is 110 Å². The molecule has 204 valence electrons. The lowest BCUT2D eigenvalue weighted by molar-refractivity contribution is -0.137. The minimum Gasteiger partial charge on any atom is -0.382 e. The number of nitrogens with one attached hydrogen (secondary N) is 2. The molecule has 0 saturated carbocycles. The van der Waals surface area contributed by atoms with Gasteiger partial charge in [0.05, 0.1) is 30.2 Å². The molecule has 0 unspecified atom stereocenters. The van der Waals surface area contributed by atoms with E-state index < -0.39 is 29.3 Å². The fourth-order valence-corrected chi connectivity index (χ4v) is 4.56. The smallest absolute Gasteiger partial charge is 0.382 e. The average molecular weight is 544 g/mol. The average Bonchev–Trinajstić information content (AvgIpc) is 3.24. The monoisotopic (exact) mass is 543 g/mol. The minimum absolute atomic E-state index is 0.317. The van der Waals surface area contributed by atoms with Crippen molar-refractivity contribution < 1.29 is 27.1 Å². The molecule has 0 bridgehead atoms. The summed E-state index contributed by atoms with van der Waals surface area (Å²) >= 11 is 0. The van der Waals surface area contributed by atoms with Gasteiger partial charge in [-0.1, -0.05) is 6.07 Å². The molecular weight excluding hydrogens is 518 g/mol. The second-order valence-electron chi connectivity index (χ2n) is 9.14. The number of nitrogens with two attached hydrogens (primary N) is 1. The second kappa shape index (κ2) is 10.5. The van der Waals surface area contributed by atoms with Gasteiger partial charge in [0, 0.05) is 30.9 Å². The minimum atomic E-state index is -4.67. The van der Waals surface area contributed by atoms with Gasteiger partial charge >= 0.3 is 12.2 Å². The van der Waals surface area contributed by atoms with Gasteiger partial charge in [-0.2, -0.15) is 18.3 Å². The first-order valence-electron chi connectivity index (χ1n) is 12.1. The highest BCUT2D eigenvalue weighted by Gasteiger charge is 2.31. The maximum absolute atomic E-state index is 14.0. The van der Waals surface area contributed by atoms with Crippen molar-refractivity contribution >= 4 is 28.7 Å². The Hall–Kier alpha value is -4.23. The van der Waals surface area contributed by atoms with Crippen molar-refractivity contribution in [2.75, 3.05) is 42.7 Å². The van der Waals surface area contributed by atoms with E-state index in [-0.39, 0.29) is 0 Å². The van der Waals surface area contributed by atoms with Crippen LogP contribution >= 0.6 is 0 Å². The molecular formula is C26H25F4N7O2. The normalized spacial score (nSPS) is 14.5. The van der Waals surface area contributed by atoms with Gasteiger partial charge in [-0.05, 0) is 54.4 Å². The van der Waals surface area contributed by atoms with Crippen LogP contribution in [0.25, 0.3) is 16.6 Å². The highest BCUT2D eigenvalue weighted by Crippen LogP contribution is 2.35. The number of rotatable bonds is 5. The highest BCUT2D eigenvalue weighted by atomic mass is 19.4. The molecule has 2 aromatic heterocycles. The molecule has 13 heteroatoms. The van der Waals surface area contributed by atoms with E-state index in [4.69, 9.17) is 10.5 Å². The molecule has 2 aromatic carbocycles. The van der Waals surface area contributed by atoms with E-state index in [2.05, 4.69) is 25.6 Å². The molecule has 5 rings (SSSR count). The standard InChI is InChI=1S/C26H25F4N7O2/c1-15-10-17(34-25(38)35-22-11-16(26(28,29)30)2-5-21(22)27)3-4-19(15)20-12-18(13-36-6-8-39-9-7-36)37-23(20)24(31)32-14-33-37/h2-5,10-12,14H,6-9,13H2,1H3,(H2,31,32,33)(H2,34,35,38). The van der Waals surface area contributed by atoms with Gasteiger partial charge in [0.25, 0.3) is 0 Å². The van der Waals surface area contributed by atoms with E-state index in [1.54, 1.807) is 22.7 Å². The predicted molar refractivity (Wildman–Crippen MR) is 138 cm³/mol. The number of hydrogen-bond acceptors (Lipinski definition) is 6. The molecule has 39 heavy (non-hydrogen) atoms. The lowest BCUT2D eigenvalue weighted by atomic mass is 10.0. The van der Waals surface area contributed by atoms with Crippen molar-refractivity contribution in [2.24, 2.45) is 0 Å². The number of hydrogen-bond donors (Lipinski definition) is 3. The fourth-order valence-electron chi connectivity index (χ4n) is 4.56. The summed E-state index contributed by atoms with van der Waals surface area (Å²) in [5.41, 5.74) is 8.96. The number of morpholine rings is 1. The number of fused-ring (bicyclic) bond motifs is 1. The van der Waals surface area contributed by atoms with E-state index in [1.165, 1.54) is 6.33 Å². The van der Waals surface area contributed by atoms with Gasteiger partial charge in [0.1, 0.15) is 17.7 Å². The number of carbonyl (C=O) groups is 1. The Bertz CT molecular complexity index is 1530. The zero-order valence-electron chi connectivity index (χ0n) is 20.8. The molecule has 1 fully saturated rings. The van der Waals surface area contributed by atoms with Crippen LogP contribution in [-0.2, 0) is 17.5 Å². The Kier molecular flexibility index (Phi) is 7.10. The van der Waals surface area contributed by atoms with Crippen LogP contribution in [0.3, 0.4) is 0 Å². The predicted octanol–water partition coefficient (Wildman–Crippen LogP) is 4.92. The summed E-state index contributed by atoms with van der Waals surface area (Å²) in [6, 6.07) is 8.05. The van der Waals surface area contributed by atoms with Crippen LogP contribution in [0.15, 0.2) is 48.8 Å². The third-order valence-electron chi connectivity index (χ3n) is 6.46. The zero-order valence-corrected chi connectivity index (χ0v) is 20.8. The molecule has 0 spiro atoms. The molecule has 1 saturated heterocycles. The number of aromatic nitrogens is 3. The van der Waals surface area contributed by atoms with Crippen LogP contribution in [0.1, 0.15) is 16.8 Å². The largest absolute Gasteiger partial charge is 0.416 e. The number of carbonyl (C=O) groups excluding carboxylic acids is 1. The lowest BCUT2D eigenvalue weighted by Crippen LogP contribution is -2.36. The van der Waals surface area contributed by atoms with Crippen LogP contribution in [0.5, 0.6) is 0 Å². The summed E-state index contributed by atoms with van der Waals surface area (Å²) in [6.45, 7) is 5.41. The van der Waals surface area contributed by atoms with Gasteiger partial charge in [0.2, 0.25) is 0 Å². The van der Waals surface area contributed by atoms with Crippen LogP contribution in [0, 0.1) is 12.7 Å². The molecule has 4 aromatic rings. The maximum atomic E-state index is 14.0. The third-order valence-corrected chi connectivity index (χ3v) is 6.46. The first-order chi connectivity index (χ1) is 18.6. The first kappa shape index (κ1) is 26.4. The molecule has 4 N–H and O–H groups in total. The number of ether oxygens (including phenoxy) is 1. The number of amides is 2. The Labute approximate surface area is 220 Å². The van der Waals surface area contributed by atoms with Crippen LogP contribution < -0.4 is 16.4 Å². The van der Waals surface area contributed by atoms with Gasteiger partial charge in [0.15, 0.2) is 5.82 Å². The number of aryl methyl sites for hydroxylation is 1. The SMILES string of the molecule is Cc1cc(NC(=O)Nc2cc(C(F)(F)F)ccc2F)ccc1-c1cc(CN2CCOCC2)n2ncnc(N)c12. The Balaban J connectivity index is 1.38. The van der Waals surface area contributed by atoms with E-state index in [1.807, 2.05) is 13.0 Å². The Morgan fingerprint density at radius 3 is 2.56 bits per heavy atom. The van der Waals surface area contributed by atoms with E-state index in [9.17, 15) is 22.4 Å². The van der Waals surface area contributed by atoms with Crippen molar-refractivity contribution in [1.29, 1.82) is 0 Å². The number of alkyl halides is 3. The van der Waals surface area contributed by atoms with Crippen LogP contribution in [0.2, 0.25) is 0 Å². The Morgan fingerprint density at radius 2 is 1.85 bits per heavy atom. The van der Waals surface area contributed by atoms with E-state index in [0.29, 0.717) is 55.0 Å². The molecule has 1 aliphatic heterocycles. The highest BCUT2D eigenvalue weighted by molar-refractivity contribution is 6.00. The van der Waals surface area contributed by atoms with Gasteiger partial charge in [-0.25, -0.2) is 18.7 Å².